The van der Waals surface area contributed by atoms with Crippen molar-refractivity contribution in [3.05, 3.63) is 35.9 Å². The molecule has 5 heteroatoms. The van der Waals surface area contributed by atoms with Crippen molar-refractivity contribution >= 4 is 0 Å². The van der Waals surface area contributed by atoms with Gasteiger partial charge in [0.15, 0.2) is 0 Å². The third-order valence-electron chi connectivity index (χ3n) is 4.41. The highest BCUT2D eigenvalue weighted by molar-refractivity contribution is 5.19. The van der Waals surface area contributed by atoms with Gasteiger partial charge in [-0.05, 0) is 31.5 Å². The van der Waals surface area contributed by atoms with Crippen molar-refractivity contribution < 1.29 is 13.5 Å². The van der Waals surface area contributed by atoms with E-state index in [4.69, 9.17) is 4.74 Å². The van der Waals surface area contributed by atoms with Crippen LogP contribution in [0.1, 0.15) is 24.5 Å². The number of halogens is 2. The summed E-state index contributed by atoms with van der Waals surface area (Å²) in [5.41, 5.74) is 0.799. The maximum Gasteiger partial charge on any atom is 0.251 e. The van der Waals surface area contributed by atoms with Gasteiger partial charge in [0.05, 0.1) is 18.2 Å². The summed E-state index contributed by atoms with van der Waals surface area (Å²) in [6.45, 7) is 2.78. The second kappa shape index (κ2) is 6.38. The predicted molar refractivity (Wildman–Crippen MR) is 77.5 cm³/mol. The number of rotatable bonds is 3. The van der Waals surface area contributed by atoms with Crippen molar-refractivity contribution in [2.75, 3.05) is 32.7 Å². The Morgan fingerprint density at radius 3 is 2.62 bits per heavy atom. The van der Waals surface area contributed by atoms with Crippen LogP contribution in [0.25, 0.3) is 0 Å². The van der Waals surface area contributed by atoms with E-state index in [-0.39, 0.29) is 18.2 Å². The molecule has 0 aliphatic carbocycles. The molecule has 0 saturated carbocycles. The van der Waals surface area contributed by atoms with Gasteiger partial charge in [0, 0.05) is 13.1 Å². The second-order valence-electron chi connectivity index (χ2n) is 6.04. The minimum atomic E-state index is -2.29. The lowest BCUT2D eigenvalue weighted by molar-refractivity contribution is -0.173. The minimum absolute atomic E-state index is 0.114. The second-order valence-corrected chi connectivity index (χ2v) is 6.04. The van der Waals surface area contributed by atoms with Gasteiger partial charge in [0.25, 0.3) is 6.43 Å². The maximum absolute atomic E-state index is 12.8. The van der Waals surface area contributed by atoms with Gasteiger partial charge >= 0.3 is 0 Å². The molecule has 1 unspecified atom stereocenters. The molecule has 1 N–H and O–H groups in total. The highest BCUT2D eigenvalue weighted by Crippen LogP contribution is 2.36. The van der Waals surface area contributed by atoms with E-state index < -0.39 is 6.43 Å². The Morgan fingerprint density at radius 2 is 1.95 bits per heavy atom. The summed E-state index contributed by atoms with van der Waals surface area (Å²) in [4.78, 5) is 1.87. The van der Waals surface area contributed by atoms with Crippen LogP contribution in [0.2, 0.25) is 0 Å². The number of alkyl halides is 2. The Bertz CT molecular complexity index is 449. The highest BCUT2D eigenvalue weighted by Gasteiger charge is 2.42. The Kier molecular flexibility index (Phi) is 4.52. The van der Waals surface area contributed by atoms with Crippen molar-refractivity contribution in [2.24, 2.45) is 0 Å². The van der Waals surface area contributed by atoms with Gasteiger partial charge in [-0.3, -0.25) is 4.90 Å². The minimum Gasteiger partial charge on any atom is -0.364 e. The number of nitrogens with one attached hydrogen (secondary N) is 1. The molecule has 0 radical (unpaired) electrons. The molecule has 0 bridgehead atoms. The molecule has 0 amide bonds. The van der Waals surface area contributed by atoms with Crippen molar-refractivity contribution in [1.29, 1.82) is 0 Å². The van der Waals surface area contributed by atoms with Crippen LogP contribution in [0.15, 0.2) is 30.3 Å². The van der Waals surface area contributed by atoms with Crippen LogP contribution in [0.4, 0.5) is 8.78 Å². The number of hydrogen-bond acceptors (Lipinski definition) is 3. The molecule has 2 heterocycles. The standard InChI is InChI=1S/C16H22F2N2O/c17-15(18)11-20-10-14(13-4-2-1-3-5-13)21-16(12-20)6-8-19-9-7-16/h1-5,14-15,19H,6-12H2. The summed E-state index contributed by atoms with van der Waals surface area (Å²) in [6, 6.07) is 9.94. The molecule has 3 rings (SSSR count). The van der Waals surface area contributed by atoms with E-state index in [0.717, 1.165) is 31.5 Å². The van der Waals surface area contributed by atoms with Crippen molar-refractivity contribution in [2.45, 2.75) is 31.0 Å². The van der Waals surface area contributed by atoms with Gasteiger partial charge in [0.2, 0.25) is 0 Å². The van der Waals surface area contributed by atoms with Crippen LogP contribution in [0, 0.1) is 0 Å². The van der Waals surface area contributed by atoms with Crippen LogP contribution in [-0.4, -0.2) is 49.7 Å². The highest BCUT2D eigenvalue weighted by atomic mass is 19.3. The lowest BCUT2D eigenvalue weighted by atomic mass is 9.88. The normalized spacial score (nSPS) is 26.3. The first kappa shape index (κ1) is 14.9. The molecule has 1 atom stereocenters. The van der Waals surface area contributed by atoms with E-state index in [9.17, 15) is 8.78 Å². The van der Waals surface area contributed by atoms with Crippen LogP contribution in [0.5, 0.6) is 0 Å². The smallest absolute Gasteiger partial charge is 0.251 e. The summed E-state index contributed by atoms with van der Waals surface area (Å²) in [7, 11) is 0. The van der Waals surface area contributed by atoms with Crippen LogP contribution >= 0.6 is 0 Å². The first-order chi connectivity index (χ1) is 10.2. The molecule has 1 aromatic rings. The van der Waals surface area contributed by atoms with Gasteiger partial charge < -0.3 is 10.1 Å². The molecule has 21 heavy (non-hydrogen) atoms. The number of morpholine rings is 1. The largest absolute Gasteiger partial charge is 0.364 e. The Morgan fingerprint density at radius 1 is 1.24 bits per heavy atom. The lowest BCUT2D eigenvalue weighted by Gasteiger charge is -2.48. The van der Waals surface area contributed by atoms with Crippen molar-refractivity contribution in [3.8, 4) is 0 Å². The molecule has 116 valence electrons. The monoisotopic (exact) mass is 296 g/mol. The van der Waals surface area contributed by atoms with Gasteiger partial charge in [-0.2, -0.15) is 0 Å². The van der Waals surface area contributed by atoms with Crippen LogP contribution in [0.3, 0.4) is 0 Å². The fraction of sp³-hybridized carbons (Fsp3) is 0.625. The topological polar surface area (TPSA) is 24.5 Å². The third-order valence-corrected chi connectivity index (χ3v) is 4.41. The molecular formula is C16H22F2N2O. The Balaban J connectivity index is 1.80. The molecule has 2 saturated heterocycles. The van der Waals surface area contributed by atoms with Crippen molar-refractivity contribution in [3.63, 3.8) is 0 Å². The lowest BCUT2D eigenvalue weighted by Crippen LogP contribution is -2.57. The van der Waals surface area contributed by atoms with Crippen LogP contribution in [-0.2, 0) is 4.74 Å². The average molecular weight is 296 g/mol. The van der Waals surface area contributed by atoms with E-state index in [1.54, 1.807) is 0 Å². The molecular weight excluding hydrogens is 274 g/mol. The third kappa shape index (κ3) is 3.59. The van der Waals surface area contributed by atoms with E-state index >= 15 is 0 Å². The number of nitrogens with zero attached hydrogens (tertiary/aromatic N) is 1. The number of benzene rings is 1. The number of ether oxygens (including phenoxy) is 1. The summed E-state index contributed by atoms with van der Waals surface area (Å²) in [5, 5.41) is 3.32. The van der Waals surface area contributed by atoms with E-state index in [2.05, 4.69) is 5.32 Å². The number of hydrogen-bond donors (Lipinski definition) is 1. The Labute approximate surface area is 124 Å². The van der Waals surface area contributed by atoms with Crippen molar-refractivity contribution in [1.82, 2.24) is 10.2 Å². The molecule has 2 fully saturated rings. The molecule has 1 spiro atoms. The summed E-state index contributed by atoms with van der Waals surface area (Å²) >= 11 is 0. The maximum atomic E-state index is 12.8. The zero-order valence-electron chi connectivity index (χ0n) is 12.1. The quantitative estimate of drug-likeness (QED) is 0.927. The summed E-state index contributed by atoms with van der Waals surface area (Å²) in [5.74, 6) is 0. The first-order valence-corrected chi connectivity index (χ1v) is 7.61. The zero-order chi connectivity index (χ0) is 14.7. The van der Waals surface area contributed by atoms with E-state index in [1.807, 2.05) is 35.2 Å². The average Bonchev–Trinajstić information content (AvgIpc) is 2.48. The summed E-state index contributed by atoms with van der Waals surface area (Å²) < 4.78 is 32.0. The molecule has 2 aliphatic rings. The summed E-state index contributed by atoms with van der Waals surface area (Å²) in [6.07, 6.45) is -0.637. The molecule has 1 aromatic carbocycles. The van der Waals surface area contributed by atoms with Gasteiger partial charge in [-0.15, -0.1) is 0 Å². The van der Waals surface area contributed by atoms with Gasteiger partial charge in [-0.1, -0.05) is 30.3 Å². The fourth-order valence-corrected chi connectivity index (χ4v) is 3.42. The molecule has 2 aliphatic heterocycles. The van der Waals surface area contributed by atoms with E-state index in [1.165, 1.54) is 0 Å². The zero-order valence-corrected chi connectivity index (χ0v) is 12.1. The van der Waals surface area contributed by atoms with Gasteiger partial charge in [0.1, 0.15) is 0 Å². The number of piperidine rings is 1. The Hall–Kier alpha value is -1.04. The van der Waals surface area contributed by atoms with E-state index in [0.29, 0.717) is 13.1 Å². The predicted octanol–water partition coefficient (Wildman–Crippen LogP) is 2.45. The van der Waals surface area contributed by atoms with Gasteiger partial charge in [-0.25, -0.2) is 8.78 Å². The fourth-order valence-electron chi connectivity index (χ4n) is 3.42. The SMILES string of the molecule is FC(F)CN1CC(c2ccccc2)OC2(CCNCC2)C1. The van der Waals surface area contributed by atoms with Crippen LogP contribution < -0.4 is 5.32 Å². The first-order valence-electron chi connectivity index (χ1n) is 7.61. The molecule has 3 nitrogen and oxygen atoms in total. The molecule has 0 aromatic heterocycles.